The number of nitrogens with one attached hydrogen (secondary N) is 1. The third-order valence-electron chi connectivity index (χ3n) is 4.59. The van der Waals surface area contributed by atoms with E-state index < -0.39 is 29.3 Å². The fourth-order valence-corrected chi connectivity index (χ4v) is 3.66. The molecule has 2 aromatic carbocycles. The average molecular weight is 487 g/mol. The zero-order valence-corrected chi connectivity index (χ0v) is 18.4. The van der Waals surface area contributed by atoms with Gasteiger partial charge in [0, 0.05) is 22.7 Å². The molecule has 12 heteroatoms. The summed E-state index contributed by atoms with van der Waals surface area (Å²) in [6.45, 7) is 1.41. The van der Waals surface area contributed by atoms with Gasteiger partial charge >= 0.3 is 12.1 Å². The maximum atomic E-state index is 13.7. The van der Waals surface area contributed by atoms with Crippen LogP contribution in [-0.4, -0.2) is 37.6 Å². The SMILES string of the molecule is CCOC(=O)c1cnn(-c2ccc(C(=O)Nc3nc(-c4ccccc4)ns3)cc2)c1C(F)(F)F. The number of rotatable bonds is 6. The minimum absolute atomic E-state index is 0.0155. The number of anilines is 1. The highest BCUT2D eigenvalue weighted by Gasteiger charge is 2.41. The van der Waals surface area contributed by atoms with E-state index in [-0.39, 0.29) is 23.0 Å². The number of hydrogen-bond donors (Lipinski definition) is 1. The summed E-state index contributed by atoms with van der Waals surface area (Å²) in [5.41, 5.74) is -0.953. The van der Waals surface area contributed by atoms with Crippen LogP contribution >= 0.6 is 11.5 Å². The highest BCUT2D eigenvalue weighted by atomic mass is 32.1. The summed E-state index contributed by atoms with van der Waals surface area (Å²) in [5, 5.41) is 6.60. The van der Waals surface area contributed by atoms with Crippen molar-refractivity contribution in [1.82, 2.24) is 19.1 Å². The summed E-state index contributed by atoms with van der Waals surface area (Å²) in [6, 6.07) is 14.5. The molecule has 0 bridgehead atoms. The number of esters is 1. The topological polar surface area (TPSA) is 99.0 Å². The molecule has 4 rings (SSSR count). The molecule has 0 saturated heterocycles. The predicted octanol–water partition coefficient (Wildman–Crippen LogP) is 4.84. The fourth-order valence-electron chi connectivity index (χ4n) is 3.08. The molecule has 0 aliphatic heterocycles. The highest BCUT2D eigenvalue weighted by molar-refractivity contribution is 7.10. The molecule has 2 aromatic heterocycles. The molecule has 174 valence electrons. The van der Waals surface area contributed by atoms with E-state index >= 15 is 0 Å². The number of ether oxygens (including phenoxy) is 1. The number of benzene rings is 2. The van der Waals surface area contributed by atoms with Gasteiger partial charge in [0.05, 0.1) is 18.5 Å². The lowest BCUT2D eigenvalue weighted by Crippen LogP contribution is -2.18. The number of alkyl halides is 3. The van der Waals surface area contributed by atoms with Crippen LogP contribution in [0.3, 0.4) is 0 Å². The summed E-state index contributed by atoms with van der Waals surface area (Å²) in [5.74, 6) is -1.16. The van der Waals surface area contributed by atoms with Gasteiger partial charge in [-0.2, -0.15) is 27.6 Å². The third-order valence-corrected chi connectivity index (χ3v) is 5.22. The maximum Gasteiger partial charge on any atom is 0.434 e. The zero-order valence-electron chi connectivity index (χ0n) is 17.5. The van der Waals surface area contributed by atoms with Crippen LogP contribution in [0.25, 0.3) is 17.1 Å². The van der Waals surface area contributed by atoms with Crippen molar-refractivity contribution in [1.29, 1.82) is 0 Å². The van der Waals surface area contributed by atoms with Crippen molar-refractivity contribution in [3.05, 3.63) is 77.6 Å². The smallest absolute Gasteiger partial charge is 0.434 e. The number of carbonyl (C=O) groups excluding carboxylic acids is 2. The van der Waals surface area contributed by atoms with Crippen LogP contribution in [0.2, 0.25) is 0 Å². The van der Waals surface area contributed by atoms with Crippen molar-refractivity contribution in [2.24, 2.45) is 0 Å². The van der Waals surface area contributed by atoms with Crippen molar-refractivity contribution in [3.8, 4) is 17.1 Å². The first-order chi connectivity index (χ1) is 16.3. The fraction of sp³-hybridized carbons (Fsp3) is 0.136. The summed E-state index contributed by atoms with van der Waals surface area (Å²) < 4.78 is 50.5. The van der Waals surface area contributed by atoms with Crippen LogP contribution in [0, 0.1) is 0 Å². The Morgan fingerprint density at radius 3 is 2.44 bits per heavy atom. The molecule has 1 amide bonds. The lowest BCUT2D eigenvalue weighted by Gasteiger charge is -2.12. The van der Waals surface area contributed by atoms with Gasteiger partial charge in [0.25, 0.3) is 5.91 Å². The molecule has 2 heterocycles. The third kappa shape index (κ3) is 4.81. The summed E-state index contributed by atoms with van der Waals surface area (Å²) in [6.07, 6.45) is -4.05. The maximum absolute atomic E-state index is 13.7. The van der Waals surface area contributed by atoms with E-state index in [1.165, 1.54) is 31.2 Å². The standard InChI is InChI=1S/C22H16F3N5O3S/c1-2-33-20(32)16-12-26-30(17(16)22(23,24)25)15-10-8-14(9-11-15)19(31)28-21-27-18(29-34-21)13-6-4-3-5-7-13/h3-12H,2H2,1H3,(H,27,28,29,31). The second kappa shape index (κ2) is 9.43. The lowest BCUT2D eigenvalue weighted by molar-refractivity contribution is -0.143. The number of amides is 1. The van der Waals surface area contributed by atoms with Gasteiger partial charge in [-0.1, -0.05) is 30.3 Å². The number of hydrogen-bond acceptors (Lipinski definition) is 7. The molecule has 0 aliphatic carbocycles. The Kier molecular flexibility index (Phi) is 6.41. The van der Waals surface area contributed by atoms with Gasteiger partial charge < -0.3 is 4.74 Å². The minimum atomic E-state index is -4.86. The van der Waals surface area contributed by atoms with Crippen molar-refractivity contribution < 1.29 is 27.5 Å². The molecule has 0 fully saturated rings. The van der Waals surface area contributed by atoms with Crippen molar-refractivity contribution in [3.63, 3.8) is 0 Å². The van der Waals surface area contributed by atoms with Crippen LogP contribution in [-0.2, 0) is 10.9 Å². The first-order valence-corrected chi connectivity index (χ1v) is 10.7. The Hall–Kier alpha value is -4.06. The Balaban J connectivity index is 1.54. The van der Waals surface area contributed by atoms with Crippen molar-refractivity contribution in [2.75, 3.05) is 11.9 Å². The summed E-state index contributed by atoms with van der Waals surface area (Å²) >= 11 is 1.01. The van der Waals surface area contributed by atoms with Gasteiger partial charge in [0.1, 0.15) is 5.56 Å². The molecule has 34 heavy (non-hydrogen) atoms. The molecular weight excluding hydrogens is 471 g/mol. The minimum Gasteiger partial charge on any atom is -0.462 e. The first kappa shape index (κ1) is 23.1. The number of aromatic nitrogens is 4. The second-order valence-corrected chi connectivity index (χ2v) is 7.58. The van der Waals surface area contributed by atoms with Crippen LogP contribution in [0.1, 0.15) is 33.3 Å². The quantitative estimate of drug-likeness (QED) is 0.391. The van der Waals surface area contributed by atoms with Gasteiger partial charge in [0.2, 0.25) is 5.13 Å². The molecular formula is C22H16F3N5O3S. The average Bonchev–Trinajstić information content (AvgIpc) is 3.47. The first-order valence-electron chi connectivity index (χ1n) is 9.91. The van der Waals surface area contributed by atoms with E-state index in [2.05, 4.69) is 19.8 Å². The van der Waals surface area contributed by atoms with Crippen LogP contribution in [0.15, 0.2) is 60.8 Å². The van der Waals surface area contributed by atoms with E-state index in [0.717, 1.165) is 23.3 Å². The second-order valence-electron chi connectivity index (χ2n) is 6.83. The molecule has 0 radical (unpaired) electrons. The zero-order chi connectivity index (χ0) is 24.3. The monoisotopic (exact) mass is 487 g/mol. The molecule has 1 N–H and O–H groups in total. The van der Waals surface area contributed by atoms with E-state index in [9.17, 15) is 22.8 Å². The van der Waals surface area contributed by atoms with Gasteiger partial charge in [-0.05, 0) is 31.2 Å². The summed E-state index contributed by atoms with van der Waals surface area (Å²) in [7, 11) is 0. The molecule has 0 atom stereocenters. The Bertz CT molecular complexity index is 1320. The van der Waals surface area contributed by atoms with Crippen LogP contribution < -0.4 is 5.32 Å². The van der Waals surface area contributed by atoms with Crippen molar-refractivity contribution >= 4 is 28.5 Å². The molecule has 4 aromatic rings. The van der Waals surface area contributed by atoms with E-state index in [0.29, 0.717) is 10.5 Å². The van der Waals surface area contributed by atoms with Crippen LogP contribution in [0.4, 0.5) is 18.3 Å². The summed E-state index contributed by atoms with van der Waals surface area (Å²) in [4.78, 5) is 28.8. The molecule has 0 unspecified atom stereocenters. The number of carbonyl (C=O) groups is 2. The van der Waals surface area contributed by atoms with Gasteiger partial charge in [0.15, 0.2) is 11.5 Å². The Morgan fingerprint density at radius 2 is 1.79 bits per heavy atom. The number of halogens is 3. The normalized spacial score (nSPS) is 11.3. The van der Waals surface area contributed by atoms with Gasteiger partial charge in [-0.3, -0.25) is 10.1 Å². The van der Waals surface area contributed by atoms with E-state index in [1.807, 2.05) is 30.3 Å². The lowest BCUT2D eigenvalue weighted by atomic mass is 10.2. The highest BCUT2D eigenvalue weighted by Crippen LogP contribution is 2.34. The van der Waals surface area contributed by atoms with Crippen molar-refractivity contribution in [2.45, 2.75) is 13.1 Å². The predicted molar refractivity (Wildman–Crippen MR) is 118 cm³/mol. The van der Waals surface area contributed by atoms with Crippen LogP contribution in [0.5, 0.6) is 0 Å². The molecule has 8 nitrogen and oxygen atoms in total. The molecule has 0 aliphatic rings. The largest absolute Gasteiger partial charge is 0.462 e. The Labute approximate surface area is 195 Å². The Morgan fingerprint density at radius 1 is 1.09 bits per heavy atom. The van der Waals surface area contributed by atoms with E-state index in [1.54, 1.807) is 0 Å². The molecule has 0 spiro atoms. The van der Waals surface area contributed by atoms with Gasteiger partial charge in [-0.15, -0.1) is 0 Å². The number of nitrogens with zero attached hydrogens (tertiary/aromatic N) is 4. The van der Waals surface area contributed by atoms with E-state index in [4.69, 9.17) is 4.74 Å². The van der Waals surface area contributed by atoms with Gasteiger partial charge in [-0.25, -0.2) is 9.48 Å². The molecule has 0 saturated carbocycles.